The lowest BCUT2D eigenvalue weighted by Gasteiger charge is -2.43. The highest BCUT2D eigenvalue weighted by Gasteiger charge is 2.28. The second-order valence-electron chi connectivity index (χ2n) is 7.23. The van der Waals surface area contributed by atoms with Crippen LogP contribution in [0.3, 0.4) is 0 Å². The number of piperazine rings is 1. The van der Waals surface area contributed by atoms with Gasteiger partial charge in [-0.3, -0.25) is 4.90 Å². The van der Waals surface area contributed by atoms with Gasteiger partial charge in [0.05, 0.1) is 12.3 Å². The average molecular weight is 388 g/mol. The standard InChI is InChI=1S/C20H26ClN5O/c21-16-2-1-3-19(14-16)25-12-10-24(11-13-25)18-5-8-26(9-6-18)20-22-7-4-17(15-27)23-20/h1-4,7,14,18,27H,5-6,8-13,15H2. The van der Waals surface area contributed by atoms with E-state index in [0.717, 1.165) is 63.1 Å². The van der Waals surface area contributed by atoms with Crippen molar-refractivity contribution in [2.24, 2.45) is 0 Å². The number of aliphatic hydroxyl groups is 1. The van der Waals surface area contributed by atoms with Crippen LogP contribution < -0.4 is 9.80 Å². The summed E-state index contributed by atoms with van der Waals surface area (Å²) in [6.07, 6.45) is 3.99. The topological polar surface area (TPSA) is 55.7 Å². The molecule has 0 saturated carbocycles. The van der Waals surface area contributed by atoms with Crippen LogP contribution in [-0.4, -0.2) is 65.3 Å². The highest BCUT2D eigenvalue weighted by atomic mass is 35.5. The molecule has 3 heterocycles. The third kappa shape index (κ3) is 4.34. The smallest absolute Gasteiger partial charge is 0.225 e. The molecule has 4 rings (SSSR count). The monoisotopic (exact) mass is 387 g/mol. The maximum Gasteiger partial charge on any atom is 0.225 e. The SMILES string of the molecule is OCc1ccnc(N2CCC(N3CCN(c4cccc(Cl)c4)CC3)CC2)n1. The van der Waals surface area contributed by atoms with E-state index in [1.807, 2.05) is 12.1 Å². The maximum atomic E-state index is 9.26. The first kappa shape index (κ1) is 18.5. The summed E-state index contributed by atoms with van der Waals surface area (Å²) in [7, 11) is 0. The number of halogens is 1. The number of benzene rings is 1. The van der Waals surface area contributed by atoms with Crippen molar-refractivity contribution in [1.29, 1.82) is 0 Å². The molecule has 0 atom stereocenters. The van der Waals surface area contributed by atoms with Crippen molar-refractivity contribution in [1.82, 2.24) is 14.9 Å². The Kier molecular flexibility index (Phi) is 5.76. The Bertz CT molecular complexity index is 758. The van der Waals surface area contributed by atoms with Crippen molar-refractivity contribution in [2.45, 2.75) is 25.5 Å². The summed E-state index contributed by atoms with van der Waals surface area (Å²) in [6, 6.07) is 10.5. The number of aliphatic hydroxyl groups excluding tert-OH is 1. The van der Waals surface area contributed by atoms with Gasteiger partial charge in [0, 0.05) is 62.2 Å². The molecule has 2 saturated heterocycles. The molecule has 1 N–H and O–H groups in total. The summed E-state index contributed by atoms with van der Waals surface area (Å²) in [5.74, 6) is 0.741. The Morgan fingerprint density at radius 1 is 1.00 bits per heavy atom. The van der Waals surface area contributed by atoms with Crippen LogP contribution in [0.2, 0.25) is 5.02 Å². The Morgan fingerprint density at radius 3 is 2.48 bits per heavy atom. The predicted molar refractivity (Wildman–Crippen MR) is 108 cm³/mol. The molecule has 0 spiro atoms. The predicted octanol–water partition coefficient (Wildman–Crippen LogP) is 2.41. The van der Waals surface area contributed by atoms with Gasteiger partial charge in [-0.2, -0.15) is 0 Å². The second-order valence-corrected chi connectivity index (χ2v) is 7.66. The Morgan fingerprint density at radius 2 is 1.78 bits per heavy atom. The minimum absolute atomic E-state index is 0.0388. The van der Waals surface area contributed by atoms with Crippen LogP contribution >= 0.6 is 11.6 Å². The van der Waals surface area contributed by atoms with Crippen LogP contribution in [0, 0.1) is 0 Å². The molecule has 0 unspecified atom stereocenters. The molecule has 0 bridgehead atoms. The first-order valence-corrected chi connectivity index (χ1v) is 10.0. The minimum Gasteiger partial charge on any atom is -0.390 e. The lowest BCUT2D eigenvalue weighted by molar-refractivity contribution is 0.159. The molecule has 0 radical (unpaired) electrons. The second kappa shape index (κ2) is 8.42. The largest absolute Gasteiger partial charge is 0.390 e. The van der Waals surface area contributed by atoms with Crippen LogP contribution in [0.1, 0.15) is 18.5 Å². The fraction of sp³-hybridized carbons (Fsp3) is 0.500. The van der Waals surface area contributed by atoms with E-state index >= 15 is 0 Å². The number of hydrogen-bond acceptors (Lipinski definition) is 6. The lowest BCUT2D eigenvalue weighted by atomic mass is 10.0. The van der Waals surface area contributed by atoms with Gasteiger partial charge in [0.2, 0.25) is 5.95 Å². The summed E-state index contributed by atoms with van der Waals surface area (Å²) in [6.45, 7) is 6.16. The Labute approximate surface area is 165 Å². The first-order chi connectivity index (χ1) is 13.2. The molecule has 27 heavy (non-hydrogen) atoms. The van der Waals surface area contributed by atoms with Gasteiger partial charge in [-0.05, 0) is 37.1 Å². The summed E-state index contributed by atoms with van der Waals surface area (Å²) < 4.78 is 0. The summed E-state index contributed by atoms with van der Waals surface area (Å²) in [5, 5.41) is 10.1. The molecule has 144 valence electrons. The molecule has 0 aliphatic carbocycles. The summed E-state index contributed by atoms with van der Waals surface area (Å²) >= 11 is 6.13. The summed E-state index contributed by atoms with van der Waals surface area (Å²) in [4.78, 5) is 16.1. The fourth-order valence-corrected chi connectivity index (χ4v) is 4.26. The van der Waals surface area contributed by atoms with Crippen molar-refractivity contribution >= 4 is 23.2 Å². The quantitative estimate of drug-likeness (QED) is 0.869. The van der Waals surface area contributed by atoms with E-state index in [9.17, 15) is 5.11 Å². The van der Waals surface area contributed by atoms with Crippen molar-refractivity contribution in [3.05, 3.63) is 47.2 Å². The van der Waals surface area contributed by atoms with Crippen LogP contribution in [0.5, 0.6) is 0 Å². The summed E-state index contributed by atoms with van der Waals surface area (Å²) in [5.41, 5.74) is 1.90. The molecule has 7 heteroatoms. The number of piperidine rings is 1. The van der Waals surface area contributed by atoms with Crippen LogP contribution in [0.4, 0.5) is 11.6 Å². The highest BCUT2D eigenvalue weighted by Crippen LogP contribution is 2.24. The number of anilines is 2. The average Bonchev–Trinajstić information content (AvgIpc) is 2.74. The first-order valence-electron chi connectivity index (χ1n) is 9.65. The van der Waals surface area contributed by atoms with Gasteiger partial charge in [-0.1, -0.05) is 17.7 Å². The van der Waals surface area contributed by atoms with E-state index in [4.69, 9.17) is 11.6 Å². The van der Waals surface area contributed by atoms with E-state index in [1.54, 1.807) is 12.3 Å². The van der Waals surface area contributed by atoms with Gasteiger partial charge in [0.15, 0.2) is 0 Å². The van der Waals surface area contributed by atoms with E-state index in [0.29, 0.717) is 11.7 Å². The fourth-order valence-electron chi connectivity index (χ4n) is 4.07. The van der Waals surface area contributed by atoms with Crippen molar-refractivity contribution in [3.63, 3.8) is 0 Å². The molecular weight excluding hydrogens is 362 g/mol. The Hall–Kier alpha value is -1.89. The number of rotatable bonds is 4. The molecule has 2 aliphatic heterocycles. The van der Waals surface area contributed by atoms with Gasteiger partial charge in [0.25, 0.3) is 0 Å². The lowest BCUT2D eigenvalue weighted by Crippen LogP contribution is -2.53. The maximum absolute atomic E-state index is 9.26. The molecule has 1 aromatic carbocycles. The number of hydrogen-bond donors (Lipinski definition) is 1. The van der Waals surface area contributed by atoms with E-state index in [1.165, 1.54) is 5.69 Å². The molecule has 6 nitrogen and oxygen atoms in total. The molecule has 2 aliphatic rings. The number of aromatic nitrogens is 2. The van der Waals surface area contributed by atoms with Crippen molar-refractivity contribution in [2.75, 3.05) is 49.1 Å². The van der Waals surface area contributed by atoms with Crippen LogP contribution in [0.25, 0.3) is 0 Å². The van der Waals surface area contributed by atoms with Gasteiger partial charge in [-0.15, -0.1) is 0 Å². The Balaban J connectivity index is 1.29. The number of nitrogens with zero attached hydrogens (tertiary/aromatic N) is 5. The van der Waals surface area contributed by atoms with E-state index in [2.05, 4.69) is 36.8 Å². The van der Waals surface area contributed by atoms with Gasteiger partial charge >= 0.3 is 0 Å². The third-order valence-electron chi connectivity index (χ3n) is 5.61. The molecule has 2 fully saturated rings. The van der Waals surface area contributed by atoms with Gasteiger partial charge < -0.3 is 14.9 Å². The third-order valence-corrected chi connectivity index (χ3v) is 5.85. The van der Waals surface area contributed by atoms with E-state index < -0.39 is 0 Å². The molecule has 2 aromatic rings. The van der Waals surface area contributed by atoms with Gasteiger partial charge in [-0.25, -0.2) is 9.97 Å². The highest BCUT2D eigenvalue weighted by molar-refractivity contribution is 6.30. The van der Waals surface area contributed by atoms with E-state index in [-0.39, 0.29) is 6.61 Å². The molecule has 0 amide bonds. The van der Waals surface area contributed by atoms with Crippen molar-refractivity contribution in [3.8, 4) is 0 Å². The zero-order chi connectivity index (χ0) is 18.6. The van der Waals surface area contributed by atoms with Gasteiger partial charge in [0.1, 0.15) is 0 Å². The molecular formula is C20H26ClN5O. The normalized spacial score (nSPS) is 19.5. The van der Waals surface area contributed by atoms with Crippen molar-refractivity contribution < 1.29 is 5.11 Å². The minimum atomic E-state index is -0.0388. The zero-order valence-corrected chi connectivity index (χ0v) is 16.2. The molecule has 1 aromatic heterocycles. The van der Waals surface area contributed by atoms with Crippen LogP contribution in [0.15, 0.2) is 36.5 Å². The zero-order valence-electron chi connectivity index (χ0n) is 15.5. The van der Waals surface area contributed by atoms with Crippen LogP contribution in [-0.2, 0) is 6.61 Å².